The van der Waals surface area contributed by atoms with Crippen LogP contribution in [0.25, 0.3) is 0 Å². The van der Waals surface area contributed by atoms with E-state index in [1.165, 1.54) is 24.8 Å². The van der Waals surface area contributed by atoms with E-state index in [9.17, 15) is 10.2 Å². The lowest BCUT2D eigenvalue weighted by atomic mass is 9.56. The fraction of sp³-hybridized carbons (Fsp3) is 0.882. The van der Waals surface area contributed by atoms with Crippen LogP contribution in [0.15, 0.2) is 11.1 Å². The fourth-order valence-electron chi connectivity index (χ4n) is 5.58. The van der Waals surface area contributed by atoms with Gasteiger partial charge in [-0.1, -0.05) is 12.5 Å². The van der Waals surface area contributed by atoms with Gasteiger partial charge in [0.2, 0.25) is 0 Å². The van der Waals surface area contributed by atoms with Gasteiger partial charge in [0.05, 0.1) is 12.2 Å². The van der Waals surface area contributed by atoms with E-state index in [-0.39, 0.29) is 12.2 Å². The molecule has 19 heavy (non-hydrogen) atoms. The molecule has 0 saturated heterocycles. The molecule has 2 fully saturated rings. The van der Waals surface area contributed by atoms with Crippen molar-refractivity contribution in [1.29, 1.82) is 0 Å². The predicted molar refractivity (Wildman–Crippen MR) is 76.7 cm³/mol. The number of aliphatic hydroxyl groups excluding tert-OH is 2. The van der Waals surface area contributed by atoms with Gasteiger partial charge >= 0.3 is 0 Å². The summed E-state index contributed by atoms with van der Waals surface area (Å²) in [6.07, 6.45) is 6.52. The first-order valence-corrected chi connectivity index (χ1v) is 8.01. The fourth-order valence-corrected chi connectivity index (χ4v) is 5.58. The zero-order chi connectivity index (χ0) is 13.8. The summed E-state index contributed by atoms with van der Waals surface area (Å²) in [6.45, 7) is 6.52. The Kier molecular flexibility index (Phi) is 3.30. The van der Waals surface area contributed by atoms with Gasteiger partial charge in [0.15, 0.2) is 0 Å². The van der Waals surface area contributed by atoms with Gasteiger partial charge < -0.3 is 10.2 Å². The van der Waals surface area contributed by atoms with Crippen molar-refractivity contribution in [1.82, 2.24) is 0 Å². The molecule has 0 radical (unpaired) electrons. The number of aliphatic hydroxyl groups is 2. The minimum atomic E-state index is -0.190. The Morgan fingerprint density at radius 3 is 2.63 bits per heavy atom. The van der Waals surface area contributed by atoms with Crippen LogP contribution < -0.4 is 0 Å². The Morgan fingerprint density at radius 2 is 1.95 bits per heavy atom. The summed E-state index contributed by atoms with van der Waals surface area (Å²) in [6, 6.07) is 0. The van der Waals surface area contributed by atoms with E-state index in [0.29, 0.717) is 17.3 Å². The van der Waals surface area contributed by atoms with Gasteiger partial charge in [-0.15, -0.1) is 0 Å². The maximum atomic E-state index is 10.1. The van der Waals surface area contributed by atoms with Crippen LogP contribution in [0.5, 0.6) is 0 Å². The van der Waals surface area contributed by atoms with E-state index in [0.717, 1.165) is 25.2 Å². The first-order valence-electron chi connectivity index (χ1n) is 8.01. The van der Waals surface area contributed by atoms with Crippen molar-refractivity contribution in [3.05, 3.63) is 11.1 Å². The molecule has 2 nitrogen and oxygen atoms in total. The predicted octanol–water partition coefficient (Wildman–Crippen LogP) is 3.28. The molecule has 3 aliphatic rings. The third kappa shape index (κ3) is 1.91. The van der Waals surface area contributed by atoms with Crippen molar-refractivity contribution in [2.75, 3.05) is 0 Å². The van der Waals surface area contributed by atoms with Crippen LogP contribution in [0.3, 0.4) is 0 Å². The summed E-state index contributed by atoms with van der Waals surface area (Å²) in [5, 5.41) is 20.2. The number of hydrogen-bond donors (Lipinski definition) is 2. The maximum absolute atomic E-state index is 10.1. The Labute approximate surface area is 116 Å². The summed E-state index contributed by atoms with van der Waals surface area (Å²) in [7, 11) is 0. The molecule has 0 bridgehead atoms. The third-order valence-electron chi connectivity index (χ3n) is 6.69. The topological polar surface area (TPSA) is 40.5 Å². The molecule has 3 rings (SSSR count). The van der Waals surface area contributed by atoms with Crippen molar-refractivity contribution in [2.24, 2.45) is 23.2 Å². The molecule has 2 N–H and O–H groups in total. The number of hydrogen-bond acceptors (Lipinski definition) is 2. The van der Waals surface area contributed by atoms with Crippen LogP contribution in [0.1, 0.15) is 59.3 Å². The molecule has 0 aliphatic heterocycles. The average molecular weight is 264 g/mol. The van der Waals surface area contributed by atoms with Crippen molar-refractivity contribution in [3.8, 4) is 0 Å². The molecule has 0 aromatic carbocycles. The molecule has 0 aromatic heterocycles. The Hall–Kier alpha value is -0.340. The van der Waals surface area contributed by atoms with Crippen LogP contribution in [-0.4, -0.2) is 22.4 Å². The highest BCUT2D eigenvalue weighted by Crippen LogP contribution is 2.61. The van der Waals surface area contributed by atoms with E-state index < -0.39 is 0 Å². The van der Waals surface area contributed by atoms with Crippen LogP contribution >= 0.6 is 0 Å². The molecule has 2 saturated carbocycles. The summed E-state index contributed by atoms with van der Waals surface area (Å²) in [4.78, 5) is 0. The average Bonchev–Trinajstić information content (AvgIpc) is 2.71. The van der Waals surface area contributed by atoms with Gasteiger partial charge in [0.25, 0.3) is 0 Å². The van der Waals surface area contributed by atoms with Gasteiger partial charge in [-0.05, 0) is 81.1 Å². The highest BCUT2D eigenvalue weighted by molar-refractivity contribution is 5.27. The monoisotopic (exact) mass is 264 g/mol. The lowest BCUT2D eigenvalue weighted by Crippen LogP contribution is -2.43. The van der Waals surface area contributed by atoms with Crippen LogP contribution in [0.2, 0.25) is 0 Å². The summed E-state index contributed by atoms with van der Waals surface area (Å²) >= 11 is 0. The minimum absolute atomic E-state index is 0.171. The van der Waals surface area contributed by atoms with Crippen LogP contribution in [0, 0.1) is 23.2 Å². The smallest absolute Gasteiger partial charge is 0.0750 e. The molecule has 2 heteroatoms. The largest absolute Gasteiger partial charge is 0.393 e. The lowest BCUT2D eigenvalue weighted by molar-refractivity contribution is 0.00174. The third-order valence-corrected chi connectivity index (χ3v) is 6.69. The summed E-state index contributed by atoms with van der Waals surface area (Å²) in [5.74, 6) is 1.90. The molecule has 3 aliphatic carbocycles. The number of rotatable bonds is 1. The molecular weight excluding hydrogens is 236 g/mol. The maximum Gasteiger partial charge on any atom is 0.0750 e. The van der Waals surface area contributed by atoms with Crippen LogP contribution in [0.4, 0.5) is 0 Å². The SMILES string of the molecule is CC1=C2CCC3(C)C(C(C)O)CCC3C2CCC1O. The van der Waals surface area contributed by atoms with Gasteiger partial charge in [0.1, 0.15) is 0 Å². The standard InChI is InChI=1S/C17H28O2/c1-10-12-8-9-17(3)14(11(2)18)5-6-15(17)13(12)4-7-16(10)19/h11,13-16,18-19H,4-9H2,1-3H3. The molecule has 0 aromatic rings. The Balaban J connectivity index is 1.93. The molecule has 6 atom stereocenters. The van der Waals surface area contributed by atoms with E-state index in [1.54, 1.807) is 5.57 Å². The van der Waals surface area contributed by atoms with Crippen molar-refractivity contribution < 1.29 is 10.2 Å². The second kappa shape index (κ2) is 4.60. The quantitative estimate of drug-likeness (QED) is 0.714. The lowest BCUT2D eigenvalue weighted by Gasteiger charge is -2.49. The molecule has 108 valence electrons. The molecular formula is C17H28O2. The van der Waals surface area contributed by atoms with Gasteiger partial charge in [0, 0.05) is 0 Å². The van der Waals surface area contributed by atoms with Gasteiger partial charge in [-0.3, -0.25) is 0 Å². The molecule has 0 spiro atoms. The van der Waals surface area contributed by atoms with Gasteiger partial charge in [-0.25, -0.2) is 0 Å². The highest BCUT2D eigenvalue weighted by atomic mass is 16.3. The second-order valence-corrected chi connectivity index (χ2v) is 7.44. The zero-order valence-corrected chi connectivity index (χ0v) is 12.5. The first-order chi connectivity index (χ1) is 8.95. The van der Waals surface area contributed by atoms with E-state index in [4.69, 9.17) is 0 Å². The minimum Gasteiger partial charge on any atom is -0.393 e. The summed E-state index contributed by atoms with van der Waals surface area (Å²) < 4.78 is 0. The van der Waals surface area contributed by atoms with E-state index in [2.05, 4.69) is 13.8 Å². The normalized spacial score (nSPS) is 47.8. The van der Waals surface area contributed by atoms with Crippen molar-refractivity contribution in [2.45, 2.75) is 71.5 Å². The highest BCUT2D eigenvalue weighted by Gasteiger charge is 2.54. The van der Waals surface area contributed by atoms with Crippen molar-refractivity contribution in [3.63, 3.8) is 0 Å². The first kappa shape index (κ1) is 13.6. The molecule has 0 amide bonds. The van der Waals surface area contributed by atoms with Gasteiger partial charge in [-0.2, -0.15) is 0 Å². The molecule has 0 heterocycles. The van der Waals surface area contributed by atoms with E-state index >= 15 is 0 Å². The second-order valence-electron chi connectivity index (χ2n) is 7.44. The summed E-state index contributed by atoms with van der Waals surface area (Å²) in [5.41, 5.74) is 3.15. The Morgan fingerprint density at radius 1 is 1.21 bits per heavy atom. The number of fused-ring (bicyclic) bond motifs is 3. The van der Waals surface area contributed by atoms with Crippen LogP contribution in [-0.2, 0) is 0 Å². The molecule has 6 unspecified atom stereocenters. The Bertz CT molecular complexity index is 398. The van der Waals surface area contributed by atoms with Crippen molar-refractivity contribution >= 4 is 0 Å². The zero-order valence-electron chi connectivity index (χ0n) is 12.5. The van der Waals surface area contributed by atoms with E-state index in [1.807, 2.05) is 6.92 Å². The number of allylic oxidation sites excluding steroid dienone is 1.